The van der Waals surface area contributed by atoms with E-state index in [1.165, 1.54) is 24.1 Å². The van der Waals surface area contributed by atoms with E-state index >= 15 is 0 Å². The molecular weight excluding hydrogens is 192 g/mol. The summed E-state index contributed by atoms with van der Waals surface area (Å²) in [6.07, 6.45) is 5.43. The van der Waals surface area contributed by atoms with E-state index < -0.39 is 0 Å². The van der Waals surface area contributed by atoms with Gasteiger partial charge in [-0.3, -0.25) is 0 Å². The third kappa shape index (κ3) is 2.58. The maximum Gasteiger partial charge on any atom is 0.0625 e. The van der Waals surface area contributed by atoms with E-state index in [4.69, 9.17) is 4.74 Å². The van der Waals surface area contributed by atoms with Gasteiger partial charge in [0.05, 0.1) is 6.10 Å². The molecule has 2 heteroatoms. The van der Waals surface area contributed by atoms with E-state index in [0.29, 0.717) is 6.10 Å². The second kappa shape index (κ2) is 4.94. The number of hydrogen-bond donors (Lipinski definition) is 0. The lowest BCUT2D eigenvalue weighted by Gasteiger charge is -2.28. The van der Waals surface area contributed by atoms with Crippen LogP contribution in [-0.4, -0.2) is 12.7 Å². The van der Waals surface area contributed by atoms with Crippen LogP contribution in [-0.2, 0) is 11.2 Å². The third-order valence-corrected chi connectivity index (χ3v) is 3.96. The average Bonchev–Trinajstić information content (AvgIpc) is 2.71. The Hall–Kier alpha value is -0.340. The SMILES string of the molecule is CCC1CCOC(Cc2cccs2)C1. The lowest BCUT2D eigenvalue weighted by molar-refractivity contribution is -0.00831. The van der Waals surface area contributed by atoms with Gasteiger partial charge >= 0.3 is 0 Å². The minimum atomic E-state index is 0.479. The normalized spacial score (nSPS) is 27.8. The Labute approximate surface area is 90.1 Å². The molecule has 1 saturated heterocycles. The van der Waals surface area contributed by atoms with E-state index in [0.717, 1.165) is 18.9 Å². The summed E-state index contributed by atoms with van der Waals surface area (Å²) in [6.45, 7) is 3.26. The fourth-order valence-electron chi connectivity index (χ4n) is 2.13. The van der Waals surface area contributed by atoms with Crippen molar-refractivity contribution >= 4 is 11.3 Å². The van der Waals surface area contributed by atoms with Crippen molar-refractivity contribution < 1.29 is 4.74 Å². The zero-order chi connectivity index (χ0) is 9.80. The highest BCUT2D eigenvalue weighted by atomic mass is 32.1. The van der Waals surface area contributed by atoms with Gasteiger partial charge in [0.1, 0.15) is 0 Å². The molecule has 14 heavy (non-hydrogen) atoms. The number of thiophene rings is 1. The molecule has 1 aromatic heterocycles. The van der Waals surface area contributed by atoms with E-state index in [-0.39, 0.29) is 0 Å². The van der Waals surface area contributed by atoms with Crippen LogP contribution >= 0.6 is 11.3 Å². The lowest BCUT2D eigenvalue weighted by atomic mass is 9.92. The van der Waals surface area contributed by atoms with E-state index in [2.05, 4.69) is 24.4 Å². The van der Waals surface area contributed by atoms with Crippen LogP contribution in [0.3, 0.4) is 0 Å². The third-order valence-electron chi connectivity index (χ3n) is 3.06. The molecule has 78 valence electrons. The molecule has 0 spiro atoms. The summed E-state index contributed by atoms with van der Waals surface area (Å²) in [5.74, 6) is 0.897. The summed E-state index contributed by atoms with van der Waals surface area (Å²) >= 11 is 1.85. The van der Waals surface area contributed by atoms with Crippen molar-refractivity contribution in [2.75, 3.05) is 6.61 Å². The van der Waals surface area contributed by atoms with Crippen molar-refractivity contribution in [2.45, 2.75) is 38.7 Å². The maximum atomic E-state index is 5.79. The highest BCUT2D eigenvalue weighted by molar-refractivity contribution is 7.09. The van der Waals surface area contributed by atoms with Gasteiger partial charge in [-0.25, -0.2) is 0 Å². The average molecular weight is 210 g/mol. The zero-order valence-corrected chi connectivity index (χ0v) is 9.56. The van der Waals surface area contributed by atoms with Crippen molar-refractivity contribution in [3.05, 3.63) is 22.4 Å². The molecule has 0 radical (unpaired) electrons. The van der Waals surface area contributed by atoms with Gasteiger partial charge in [0.15, 0.2) is 0 Å². The molecule has 1 fully saturated rings. The van der Waals surface area contributed by atoms with Crippen LogP contribution in [0.4, 0.5) is 0 Å². The van der Waals surface area contributed by atoms with E-state index in [1.807, 2.05) is 11.3 Å². The first kappa shape index (κ1) is 10.2. The van der Waals surface area contributed by atoms with Gasteiger partial charge in [0.25, 0.3) is 0 Å². The van der Waals surface area contributed by atoms with Crippen LogP contribution in [0.25, 0.3) is 0 Å². The number of rotatable bonds is 3. The monoisotopic (exact) mass is 210 g/mol. The first-order chi connectivity index (χ1) is 6.88. The zero-order valence-electron chi connectivity index (χ0n) is 8.74. The molecule has 0 N–H and O–H groups in total. The van der Waals surface area contributed by atoms with Gasteiger partial charge in [-0.1, -0.05) is 19.4 Å². The summed E-state index contributed by atoms with van der Waals surface area (Å²) in [6, 6.07) is 4.34. The molecule has 1 aliphatic heterocycles. The van der Waals surface area contributed by atoms with Gasteiger partial charge in [-0.05, 0) is 30.2 Å². The van der Waals surface area contributed by atoms with E-state index in [9.17, 15) is 0 Å². The lowest BCUT2D eigenvalue weighted by Crippen LogP contribution is -2.26. The first-order valence-electron chi connectivity index (χ1n) is 5.52. The topological polar surface area (TPSA) is 9.23 Å². The summed E-state index contributed by atoms with van der Waals surface area (Å²) in [5.41, 5.74) is 0. The molecule has 1 nitrogen and oxygen atoms in total. The smallest absolute Gasteiger partial charge is 0.0625 e. The minimum Gasteiger partial charge on any atom is -0.378 e. The Morgan fingerprint density at radius 3 is 3.21 bits per heavy atom. The second-order valence-electron chi connectivity index (χ2n) is 4.07. The van der Waals surface area contributed by atoms with Crippen LogP contribution in [0.1, 0.15) is 31.1 Å². The minimum absolute atomic E-state index is 0.479. The molecule has 0 aliphatic carbocycles. The van der Waals surface area contributed by atoms with Gasteiger partial charge in [-0.15, -0.1) is 11.3 Å². The predicted octanol–water partition coefficient (Wildman–Crippen LogP) is 3.50. The first-order valence-corrected chi connectivity index (χ1v) is 6.40. The molecular formula is C12H18OS. The van der Waals surface area contributed by atoms with E-state index in [1.54, 1.807) is 0 Å². The molecule has 0 saturated carbocycles. The highest BCUT2D eigenvalue weighted by Gasteiger charge is 2.21. The Bertz CT molecular complexity index is 255. The fraction of sp³-hybridized carbons (Fsp3) is 0.667. The molecule has 0 amide bonds. The van der Waals surface area contributed by atoms with Crippen LogP contribution in [0.5, 0.6) is 0 Å². The van der Waals surface area contributed by atoms with Crippen LogP contribution in [0.2, 0.25) is 0 Å². The van der Waals surface area contributed by atoms with Crippen molar-refractivity contribution in [3.8, 4) is 0 Å². The van der Waals surface area contributed by atoms with Crippen molar-refractivity contribution in [3.63, 3.8) is 0 Å². The Morgan fingerprint density at radius 2 is 2.50 bits per heavy atom. The van der Waals surface area contributed by atoms with Crippen LogP contribution in [0, 0.1) is 5.92 Å². The molecule has 2 atom stereocenters. The van der Waals surface area contributed by atoms with Gasteiger partial charge < -0.3 is 4.74 Å². The summed E-state index contributed by atoms with van der Waals surface area (Å²) in [5, 5.41) is 2.15. The molecule has 1 aromatic rings. The highest BCUT2D eigenvalue weighted by Crippen LogP contribution is 2.26. The second-order valence-corrected chi connectivity index (χ2v) is 5.11. The van der Waals surface area contributed by atoms with Gasteiger partial charge in [0.2, 0.25) is 0 Å². The molecule has 0 bridgehead atoms. The van der Waals surface area contributed by atoms with Crippen molar-refractivity contribution in [1.29, 1.82) is 0 Å². The standard InChI is InChI=1S/C12H18OS/c1-2-10-5-6-13-11(8-10)9-12-4-3-7-14-12/h3-4,7,10-11H,2,5-6,8-9H2,1H3. The summed E-state index contributed by atoms with van der Waals surface area (Å²) in [7, 11) is 0. The maximum absolute atomic E-state index is 5.79. The molecule has 0 aromatic carbocycles. The Balaban J connectivity index is 1.86. The predicted molar refractivity (Wildman–Crippen MR) is 60.8 cm³/mol. The fourth-order valence-corrected chi connectivity index (χ4v) is 2.90. The van der Waals surface area contributed by atoms with Crippen LogP contribution in [0.15, 0.2) is 17.5 Å². The molecule has 2 heterocycles. The van der Waals surface area contributed by atoms with Gasteiger partial charge in [-0.2, -0.15) is 0 Å². The molecule has 2 unspecified atom stereocenters. The molecule has 2 rings (SSSR count). The van der Waals surface area contributed by atoms with Gasteiger partial charge in [0, 0.05) is 17.9 Å². The van der Waals surface area contributed by atoms with Crippen molar-refractivity contribution in [1.82, 2.24) is 0 Å². The van der Waals surface area contributed by atoms with Crippen LogP contribution < -0.4 is 0 Å². The van der Waals surface area contributed by atoms with Crippen molar-refractivity contribution in [2.24, 2.45) is 5.92 Å². The Kier molecular flexibility index (Phi) is 3.60. The molecule has 1 aliphatic rings. The Morgan fingerprint density at radius 1 is 1.57 bits per heavy atom. The largest absolute Gasteiger partial charge is 0.378 e. The summed E-state index contributed by atoms with van der Waals surface area (Å²) in [4.78, 5) is 1.46. The number of ether oxygens (including phenoxy) is 1. The summed E-state index contributed by atoms with van der Waals surface area (Å²) < 4.78 is 5.79. The quantitative estimate of drug-likeness (QED) is 0.742. The number of hydrogen-bond acceptors (Lipinski definition) is 2.